The second-order valence-corrected chi connectivity index (χ2v) is 9.59. The maximum absolute atomic E-state index is 14.6. The van der Waals surface area contributed by atoms with Crippen molar-refractivity contribution in [1.29, 1.82) is 0 Å². The van der Waals surface area contributed by atoms with E-state index in [-0.39, 0.29) is 34.5 Å². The maximum atomic E-state index is 14.6. The molecule has 0 heterocycles. The van der Waals surface area contributed by atoms with Gasteiger partial charge in [0.2, 0.25) is 0 Å². The van der Waals surface area contributed by atoms with Gasteiger partial charge in [-0.1, -0.05) is 66.0 Å². The van der Waals surface area contributed by atoms with Gasteiger partial charge in [0.05, 0.1) is 0 Å². The normalized spacial score (nSPS) is 18.1. The molecule has 0 radical (unpaired) electrons. The molecule has 1 aliphatic carbocycles. The molecule has 0 saturated heterocycles. The lowest BCUT2D eigenvalue weighted by Gasteiger charge is -2.21. The first-order valence-corrected chi connectivity index (χ1v) is 11.6. The van der Waals surface area contributed by atoms with Gasteiger partial charge in [0.15, 0.2) is 23.3 Å². The van der Waals surface area contributed by atoms with Crippen molar-refractivity contribution in [2.75, 3.05) is 0 Å². The topological polar surface area (TPSA) is 0 Å². The van der Waals surface area contributed by atoms with Crippen LogP contribution in [0.1, 0.15) is 80.1 Å². The first-order valence-electron chi connectivity index (χ1n) is 11.6. The van der Waals surface area contributed by atoms with Crippen molar-refractivity contribution in [2.24, 2.45) is 23.7 Å². The summed E-state index contributed by atoms with van der Waals surface area (Å²) in [7, 11) is 0. The molecule has 3 atom stereocenters. The van der Waals surface area contributed by atoms with Crippen LogP contribution in [0.25, 0.3) is 0 Å². The number of hydrogen-bond acceptors (Lipinski definition) is 0. The van der Waals surface area contributed by atoms with Gasteiger partial charge in [-0.2, -0.15) is 0 Å². The highest BCUT2D eigenvalue weighted by Gasteiger charge is 2.25. The smallest absolute Gasteiger partial charge is 0.170 e. The predicted molar refractivity (Wildman–Crippen MR) is 127 cm³/mol. The number of allylic oxidation sites excluding steroid dienone is 8. The van der Waals surface area contributed by atoms with Crippen LogP contribution in [0.4, 0.5) is 17.6 Å². The summed E-state index contributed by atoms with van der Waals surface area (Å²) < 4.78 is 57.0. The third-order valence-electron chi connectivity index (χ3n) is 6.10. The third-order valence-corrected chi connectivity index (χ3v) is 6.10. The molecule has 32 heavy (non-hydrogen) atoms. The molecule has 0 saturated carbocycles. The van der Waals surface area contributed by atoms with E-state index in [0.29, 0.717) is 37.2 Å². The minimum Gasteiger partial charge on any atom is -0.204 e. The van der Waals surface area contributed by atoms with E-state index < -0.39 is 23.3 Å². The van der Waals surface area contributed by atoms with Crippen molar-refractivity contribution in [1.82, 2.24) is 0 Å². The van der Waals surface area contributed by atoms with E-state index in [1.807, 2.05) is 13.8 Å². The average Bonchev–Trinajstić information content (AvgIpc) is 2.74. The Morgan fingerprint density at radius 3 is 2.06 bits per heavy atom. The Labute approximate surface area is 192 Å². The molecule has 0 N–H and O–H groups in total. The molecule has 0 nitrogen and oxygen atoms in total. The summed E-state index contributed by atoms with van der Waals surface area (Å²) in [6.45, 7) is 18.3. The van der Waals surface area contributed by atoms with Crippen LogP contribution >= 0.6 is 0 Å². The predicted octanol–water partition coefficient (Wildman–Crippen LogP) is 9.64. The number of halogens is 4. The molecule has 1 rings (SSSR count). The molecule has 0 aromatic rings. The van der Waals surface area contributed by atoms with Crippen LogP contribution in [-0.4, -0.2) is 0 Å². The van der Waals surface area contributed by atoms with Gasteiger partial charge in [-0.05, 0) is 73.5 Å². The number of rotatable bonds is 10. The summed E-state index contributed by atoms with van der Waals surface area (Å²) in [6, 6.07) is 0. The molecule has 0 amide bonds. The molecule has 4 heteroatoms. The Hall–Kier alpha value is -2.02. The van der Waals surface area contributed by atoms with E-state index in [4.69, 9.17) is 0 Å². The zero-order valence-electron chi connectivity index (χ0n) is 20.5. The van der Waals surface area contributed by atoms with Crippen LogP contribution in [0.3, 0.4) is 0 Å². The first-order chi connectivity index (χ1) is 14.9. The Morgan fingerprint density at radius 2 is 1.50 bits per heavy atom. The largest absolute Gasteiger partial charge is 0.204 e. The Kier molecular flexibility index (Phi) is 11.3. The molecule has 0 bridgehead atoms. The fraction of sp³-hybridized carbons (Fsp3) is 0.571. The molecular formula is C28H38F4. The highest BCUT2D eigenvalue weighted by molar-refractivity contribution is 5.44. The van der Waals surface area contributed by atoms with Crippen molar-refractivity contribution in [2.45, 2.75) is 80.1 Å². The van der Waals surface area contributed by atoms with Gasteiger partial charge in [-0.3, -0.25) is 0 Å². The Bertz CT molecular complexity index is 858. The van der Waals surface area contributed by atoms with E-state index in [9.17, 15) is 17.6 Å². The highest BCUT2D eigenvalue weighted by Crippen LogP contribution is 2.37. The van der Waals surface area contributed by atoms with Gasteiger partial charge in [-0.15, -0.1) is 0 Å². The van der Waals surface area contributed by atoms with Gasteiger partial charge in [0.25, 0.3) is 0 Å². The first kappa shape index (κ1) is 28.0. The fourth-order valence-corrected chi connectivity index (χ4v) is 3.59. The van der Waals surface area contributed by atoms with E-state index >= 15 is 0 Å². The van der Waals surface area contributed by atoms with Crippen LogP contribution in [-0.2, 0) is 0 Å². The van der Waals surface area contributed by atoms with Crippen LogP contribution in [0.2, 0.25) is 0 Å². The van der Waals surface area contributed by atoms with Crippen LogP contribution in [0, 0.1) is 35.5 Å². The van der Waals surface area contributed by atoms with Crippen molar-refractivity contribution in [3.05, 3.63) is 58.8 Å². The summed E-state index contributed by atoms with van der Waals surface area (Å²) in [5.74, 6) is 2.51. The van der Waals surface area contributed by atoms with E-state index in [1.54, 1.807) is 6.92 Å². The van der Waals surface area contributed by atoms with Crippen LogP contribution in [0.15, 0.2) is 58.8 Å². The third kappa shape index (κ3) is 8.15. The molecule has 0 aliphatic heterocycles. The summed E-state index contributed by atoms with van der Waals surface area (Å²) in [5, 5.41) is 0. The molecule has 3 unspecified atom stereocenters. The Balaban J connectivity index is 2.77. The van der Waals surface area contributed by atoms with Crippen molar-refractivity contribution >= 4 is 0 Å². The summed E-state index contributed by atoms with van der Waals surface area (Å²) in [6.07, 6.45) is 3.90. The molecule has 0 fully saturated rings. The SMILES string of the molecule is C=C(C)/C(F)=C(/F)C(=C)C(C)CCC(C)C#CC1=C(F)C(F)=C(C(C)CCC(C)C)CC1. The lowest BCUT2D eigenvalue weighted by Crippen LogP contribution is -2.09. The molecule has 178 valence electrons. The van der Waals surface area contributed by atoms with Crippen molar-refractivity contribution < 1.29 is 17.6 Å². The molecule has 1 aliphatic rings. The summed E-state index contributed by atoms with van der Waals surface area (Å²) >= 11 is 0. The fourth-order valence-electron chi connectivity index (χ4n) is 3.59. The van der Waals surface area contributed by atoms with Gasteiger partial charge < -0.3 is 0 Å². The van der Waals surface area contributed by atoms with Crippen molar-refractivity contribution in [3.8, 4) is 11.8 Å². The van der Waals surface area contributed by atoms with E-state index in [0.717, 1.165) is 12.8 Å². The number of hydrogen-bond donors (Lipinski definition) is 0. The summed E-state index contributed by atoms with van der Waals surface area (Å²) in [5.41, 5.74) is 0.893. The van der Waals surface area contributed by atoms with Crippen LogP contribution < -0.4 is 0 Å². The standard InChI is InChI=1S/C28H38F4/c1-17(2)9-12-21(7)24-16-15-23(27(31)28(24)32)14-11-19(5)10-13-20(6)22(8)26(30)25(29)18(3)4/h17,19-21H,3,8-10,12-13,15-16H2,1-2,4-7H3/b26-25-. The minimum absolute atomic E-state index is 0.0235. The van der Waals surface area contributed by atoms with Gasteiger partial charge >= 0.3 is 0 Å². The van der Waals surface area contributed by atoms with Gasteiger partial charge in [-0.25, -0.2) is 17.6 Å². The lowest BCUT2D eigenvalue weighted by molar-refractivity contribution is 0.445. The molecule has 0 aromatic heterocycles. The van der Waals surface area contributed by atoms with Gasteiger partial charge in [0, 0.05) is 11.5 Å². The van der Waals surface area contributed by atoms with Crippen LogP contribution in [0.5, 0.6) is 0 Å². The quantitative estimate of drug-likeness (QED) is 0.176. The van der Waals surface area contributed by atoms with Gasteiger partial charge in [0.1, 0.15) is 0 Å². The minimum atomic E-state index is -0.970. The molecule has 0 aromatic carbocycles. The molecule has 0 spiro atoms. The Morgan fingerprint density at radius 1 is 0.875 bits per heavy atom. The second-order valence-electron chi connectivity index (χ2n) is 9.59. The van der Waals surface area contributed by atoms with E-state index in [2.05, 4.69) is 38.8 Å². The van der Waals surface area contributed by atoms with Crippen molar-refractivity contribution in [3.63, 3.8) is 0 Å². The van der Waals surface area contributed by atoms with E-state index in [1.165, 1.54) is 6.92 Å². The highest BCUT2D eigenvalue weighted by atomic mass is 19.2. The zero-order valence-corrected chi connectivity index (χ0v) is 20.5. The average molecular weight is 451 g/mol. The monoisotopic (exact) mass is 450 g/mol. The second kappa shape index (κ2) is 12.9. The maximum Gasteiger partial charge on any atom is 0.170 e. The molecular weight excluding hydrogens is 412 g/mol. The zero-order chi connectivity index (χ0) is 24.6. The summed E-state index contributed by atoms with van der Waals surface area (Å²) in [4.78, 5) is 0. The lowest BCUT2D eigenvalue weighted by atomic mass is 9.85.